The van der Waals surface area contributed by atoms with E-state index in [2.05, 4.69) is 6.92 Å². The summed E-state index contributed by atoms with van der Waals surface area (Å²) in [5.41, 5.74) is 5.30. The Morgan fingerprint density at radius 3 is 2.75 bits per heavy atom. The zero-order chi connectivity index (χ0) is 6.41. The predicted molar refractivity (Wildman–Crippen MR) is 33.1 cm³/mol. The Morgan fingerprint density at radius 1 is 1.75 bits per heavy atom. The van der Waals surface area contributed by atoms with Crippen molar-refractivity contribution in [2.75, 3.05) is 0 Å². The maximum atomic E-state index is 8.19. The number of nitriles is 1. The molecular weight excluding hydrogens is 100 g/mol. The van der Waals surface area contributed by atoms with Gasteiger partial charge in [-0.1, -0.05) is 19.8 Å². The Hall–Kier alpha value is -0.550. The van der Waals surface area contributed by atoms with Crippen molar-refractivity contribution in [2.24, 2.45) is 5.73 Å². The van der Waals surface area contributed by atoms with Crippen LogP contribution in [0, 0.1) is 11.3 Å². The molecule has 0 aliphatic carbocycles. The predicted octanol–water partition coefficient (Wildman–Crippen LogP) is 1.03. The van der Waals surface area contributed by atoms with E-state index in [-0.39, 0.29) is 6.04 Å². The van der Waals surface area contributed by atoms with Gasteiger partial charge in [-0.25, -0.2) is 0 Å². The van der Waals surface area contributed by atoms with Crippen molar-refractivity contribution in [3.05, 3.63) is 0 Å². The monoisotopic (exact) mass is 112 g/mol. The van der Waals surface area contributed by atoms with E-state index in [9.17, 15) is 0 Å². The van der Waals surface area contributed by atoms with Crippen molar-refractivity contribution in [1.29, 1.82) is 5.26 Å². The lowest BCUT2D eigenvalue weighted by Crippen LogP contribution is -2.16. The summed E-state index contributed by atoms with van der Waals surface area (Å²) in [6.45, 7) is 2.09. The van der Waals surface area contributed by atoms with Crippen LogP contribution in [-0.4, -0.2) is 6.04 Å². The zero-order valence-electron chi connectivity index (χ0n) is 5.22. The molecule has 46 valence electrons. The smallest absolute Gasteiger partial charge is 0.0928 e. The molecule has 0 heterocycles. The quantitative estimate of drug-likeness (QED) is 0.592. The molecule has 1 atom stereocenters. The summed E-state index contributed by atoms with van der Waals surface area (Å²) >= 11 is 0. The summed E-state index contributed by atoms with van der Waals surface area (Å²) in [5, 5.41) is 8.19. The largest absolute Gasteiger partial charge is 0.316 e. The highest BCUT2D eigenvalue weighted by atomic mass is 14.6. The molecule has 0 unspecified atom stereocenters. The minimum absolute atomic E-state index is 0.241. The number of unbranched alkanes of at least 4 members (excludes halogenated alkanes) is 1. The third-order valence-electron chi connectivity index (χ3n) is 1.03. The van der Waals surface area contributed by atoms with Crippen LogP contribution in [0.4, 0.5) is 0 Å². The summed E-state index contributed by atoms with van der Waals surface area (Å²) in [4.78, 5) is 0. The lowest BCUT2D eigenvalue weighted by Gasteiger charge is -1.96. The summed E-state index contributed by atoms with van der Waals surface area (Å²) < 4.78 is 0. The first-order valence-corrected chi connectivity index (χ1v) is 2.96. The van der Waals surface area contributed by atoms with Crippen molar-refractivity contribution < 1.29 is 0 Å². The molecule has 0 bridgehead atoms. The zero-order valence-corrected chi connectivity index (χ0v) is 5.22. The van der Waals surface area contributed by atoms with Crippen molar-refractivity contribution in [1.82, 2.24) is 0 Å². The first kappa shape index (κ1) is 7.45. The Kier molecular flexibility index (Phi) is 4.29. The highest BCUT2D eigenvalue weighted by Crippen LogP contribution is 1.95. The van der Waals surface area contributed by atoms with Crippen LogP contribution in [0.1, 0.15) is 26.2 Å². The Labute approximate surface area is 50.3 Å². The third-order valence-corrected chi connectivity index (χ3v) is 1.03. The van der Waals surface area contributed by atoms with Crippen LogP contribution < -0.4 is 5.73 Å². The van der Waals surface area contributed by atoms with Gasteiger partial charge in [0.25, 0.3) is 0 Å². The molecule has 0 aromatic rings. The molecular formula is C6H12N2. The average molecular weight is 112 g/mol. The molecule has 8 heavy (non-hydrogen) atoms. The number of nitrogens with two attached hydrogens (primary N) is 1. The molecule has 2 heteroatoms. The van der Waals surface area contributed by atoms with Crippen molar-refractivity contribution in [2.45, 2.75) is 32.2 Å². The number of hydrogen-bond donors (Lipinski definition) is 1. The van der Waals surface area contributed by atoms with E-state index in [0.717, 1.165) is 19.3 Å². The van der Waals surface area contributed by atoms with Gasteiger partial charge < -0.3 is 5.73 Å². The van der Waals surface area contributed by atoms with Gasteiger partial charge in [-0.15, -0.1) is 0 Å². The highest BCUT2D eigenvalue weighted by molar-refractivity contribution is 4.85. The summed E-state index contributed by atoms with van der Waals surface area (Å²) in [6, 6.07) is 1.74. The SMILES string of the molecule is CCCC[C@H](N)C#N. The van der Waals surface area contributed by atoms with E-state index in [4.69, 9.17) is 11.0 Å². The maximum absolute atomic E-state index is 8.19. The second-order valence-electron chi connectivity index (χ2n) is 1.88. The number of hydrogen-bond acceptors (Lipinski definition) is 2. The Bertz CT molecular complexity index is 83.0. The van der Waals surface area contributed by atoms with E-state index in [1.165, 1.54) is 0 Å². The summed E-state index contributed by atoms with van der Waals surface area (Å²) in [7, 11) is 0. The lowest BCUT2D eigenvalue weighted by atomic mass is 10.1. The van der Waals surface area contributed by atoms with Crippen LogP contribution in [0.15, 0.2) is 0 Å². The van der Waals surface area contributed by atoms with Gasteiger partial charge in [0, 0.05) is 0 Å². The van der Waals surface area contributed by atoms with E-state index < -0.39 is 0 Å². The van der Waals surface area contributed by atoms with Crippen molar-refractivity contribution >= 4 is 0 Å². The summed E-state index contributed by atoms with van der Waals surface area (Å²) in [5.74, 6) is 0. The molecule has 0 aromatic heterocycles. The van der Waals surface area contributed by atoms with Gasteiger partial charge in [-0.3, -0.25) is 0 Å². The van der Waals surface area contributed by atoms with Crippen LogP contribution in [0.5, 0.6) is 0 Å². The molecule has 0 saturated carbocycles. The molecule has 0 radical (unpaired) electrons. The number of rotatable bonds is 3. The molecule has 0 spiro atoms. The fraction of sp³-hybridized carbons (Fsp3) is 0.833. The van der Waals surface area contributed by atoms with Crippen molar-refractivity contribution in [3.8, 4) is 6.07 Å². The van der Waals surface area contributed by atoms with Crippen LogP contribution >= 0.6 is 0 Å². The third kappa shape index (κ3) is 3.63. The fourth-order valence-corrected chi connectivity index (χ4v) is 0.489. The maximum Gasteiger partial charge on any atom is 0.0928 e. The van der Waals surface area contributed by atoms with E-state index in [0.29, 0.717) is 0 Å². The molecule has 2 nitrogen and oxygen atoms in total. The molecule has 0 fully saturated rings. The second kappa shape index (κ2) is 4.61. The molecule has 0 rings (SSSR count). The van der Waals surface area contributed by atoms with Gasteiger partial charge in [-0.05, 0) is 6.42 Å². The van der Waals surface area contributed by atoms with Gasteiger partial charge >= 0.3 is 0 Å². The lowest BCUT2D eigenvalue weighted by molar-refractivity contribution is 0.662. The van der Waals surface area contributed by atoms with Crippen LogP contribution in [0.3, 0.4) is 0 Å². The van der Waals surface area contributed by atoms with Gasteiger partial charge in [0.1, 0.15) is 0 Å². The highest BCUT2D eigenvalue weighted by Gasteiger charge is 1.95. The number of nitrogens with zero attached hydrogens (tertiary/aromatic N) is 1. The normalized spacial score (nSPS) is 12.6. The first-order valence-electron chi connectivity index (χ1n) is 2.96. The van der Waals surface area contributed by atoms with Gasteiger partial charge in [0.15, 0.2) is 0 Å². The van der Waals surface area contributed by atoms with Gasteiger partial charge in [-0.2, -0.15) is 5.26 Å². The summed E-state index contributed by atoms with van der Waals surface area (Å²) in [6.07, 6.45) is 3.02. The molecule has 0 aliphatic heterocycles. The van der Waals surface area contributed by atoms with Crippen LogP contribution in [0.25, 0.3) is 0 Å². The van der Waals surface area contributed by atoms with Crippen LogP contribution in [0.2, 0.25) is 0 Å². The minimum Gasteiger partial charge on any atom is -0.316 e. The molecule has 0 saturated heterocycles. The Morgan fingerprint density at radius 2 is 2.38 bits per heavy atom. The Balaban J connectivity index is 3.02. The first-order chi connectivity index (χ1) is 3.81. The van der Waals surface area contributed by atoms with Crippen LogP contribution in [-0.2, 0) is 0 Å². The van der Waals surface area contributed by atoms with Crippen molar-refractivity contribution in [3.63, 3.8) is 0 Å². The minimum atomic E-state index is -0.241. The molecule has 0 amide bonds. The standard InChI is InChI=1S/C6H12N2/c1-2-3-4-6(8)5-7/h6H,2-4,8H2,1H3/t6-/m0/s1. The van der Waals surface area contributed by atoms with Gasteiger partial charge in [0.2, 0.25) is 0 Å². The van der Waals surface area contributed by atoms with Gasteiger partial charge in [0.05, 0.1) is 12.1 Å². The molecule has 0 aliphatic rings. The van der Waals surface area contributed by atoms with E-state index in [1.807, 2.05) is 6.07 Å². The van der Waals surface area contributed by atoms with E-state index in [1.54, 1.807) is 0 Å². The van der Waals surface area contributed by atoms with E-state index >= 15 is 0 Å². The topological polar surface area (TPSA) is 49.8 Å². The fourth-order valence-electron chi connectivity index (χ4n) is 0.489. The molecule has 2 N–H and O–H groups in total. The second-order valence-corrected chi connectivity index (χ2v) is 1.88. The molecule has 0 aromatic carbocycles. The average Bonchev–Trinajstić information content (AvgIpc) is 1.83.